The molecule has 0 aromatic carbocycles. The molecule has 0 amide bonds. The second-order valence-corrected chi connectivity index (χ2v) is 2.24. The minimum atomic E-state index is 0. The van der Waals surface area contributed by atoms with Crippen LogP contribution in [0.15, 0.2) is 37.2 Å². The predicted octanol–water partition coefficient (Wildman–Crippen LogP) is -1.38. The van der Waals surface area contributed by atoms with Gasteiger partial charge in [-0.05, 0) is 18.4 Å². The quantitative estimate of drug-likeness (QED) is 0.470. The van der Waals surface area contributed by atoms with Gasteiger partial charge in [-0.15, -0.1) is 6.58 Å². The topological polar surface area (TPSA) is 14.1 Å². The van der Waals surface area contributed by atoms with E-state index < -0.39 is 0 Å². The third-order valence-electron chi connectivity index (χ3n) is 1.42. The van der Waals surface area contributed by atoms with Crippen LogP contribution in [0.25, 0.3) is 0 Å². The van der Waals surface area contributed by atoms with E-state index in [0.717, 1.165) is 12.8 Å². The number of allylic oxidation sites excluding steroid dienone is 1. The Hall–Kier alpha value is -0.380. The highest BCUT2D eigenvalue weighted by molar-refractivity contribution is 5.07. The highest BCUT2D eigenvalue weighted by Gasteiger charge is 1.89. The maximum absolute atomic E-state index is 3.67. The summed E-state index contributed by atoms with van der Waals surface area (Å²) in [5.74, 6) is 0. The number of pyridine rings is 1. The van der Waals surface area contributed by atoms with Crippen LogP contribution in [-0.4, -0.2) is 0 Å². The van der Waals surface area contributed by atoms with Crippen molar-refractivity contribution in [3.8, 4) is 0 Å². The Morgan fingerprint density at radius 3 is 2.55 bits per heavy atom. The van der Waals surface area contributed by atoms with Gasteiger partial charge in [-0.3, -0.25) is 0 Å². The minimum absolute atomic E-state index is 0. The molecule has 0 unspecified atom stereocenters. The zero-order valence-electron chi connectivity index (χ0n) is 6.39. The number of hydrogen-bond acceptors (Lipinski definition) is 0. The van der Waals surface area contributed by atoms with Crippen LogP contribution in [0.2, 0.25) is 0 Å². The Kier molecular flexibility index (Phi) is 6.12. The van der Waals surface area contributed by atoms with Crippen LogP contribution in [0.3, 0.4) is 0 Å². The molecule has 0 radical (unpaired) electrons. The monoisotopic (exact) mass is 261 g/mol. The molecule has 0 bridgehead atoms. The molecule has 1 aromatic heterocycles. The molecule has 0 aliphatic heterocycles. The summed E-state index contributed by atoms with van der Waals surface area (Å²) < 4.78 is 0. The van der Waals surface area contributed by atoms with Crippen LogP contribution in [0.1, 0.15) is 12.0 Å². The number of aromatic nitrogens is 1. The fourth-order valence-electron chi connectivity index (χ4n) is 0.857. The van der Waals surface area contributed by atoms with Gasteiger partial charge in [0.15, 0.2) is 12.4 Å². The van der Waals surface area contributed by atoms with E-state index >= 15 is 0 Å². The molecular weight excluding hydrogens is 249 g/mol. The molecular formula is C9H12IN. The van der Waals surface area contributed by atoms with Gasteiger partial charge in [0.2, 0.25) is 0 Å². The Labute approximate surface area is 84.6 Å². The highest BCUT2D eigenvalue weighted by Crippen LogP contribution is 1.98. The van der Waals surface area contributed by atoms with Gasteiger partial charge in [0.1, 0.15) is 0 Å². The van der Waals surface area contributed by atoms with Crippen molar-refractivity contribution >= 4 is 0 Å². The number of aromatic amines is 1. The zero-order chi connectivity index (χ0) is 7.23. The molecule has 11 heavy (non-hydrogen) atoms. The van der Waals surface area contributed by atoms with Gasteiger partial charge in [0, 0.05) is 12.1 Å². The van der Waals surface area contributed by atoms with E-state index in [1.54, 1.807) is 0 Å². The average molecular weight is 261 g/mol. The van der Waals surface area contributed by atoms with Crippen molar-refractivity contribution in [2.75, 3.05) is 0 Å². The summed E-state index contributed by atoms with van der Waals surface area (Å²) >= 11 is 0. The number of halogens is 1. The van der Waals surface area contributed by atoms with Crippen LogP contribution in [0, 0.1) is 0 Å². The van der Waals surface area contributed by atoms with Crippen molar-refractivity contribution < 1.29 is 29.0 Å². The number of aryl methyl sites for hydroxylation is 1. The lowest BCUT2D eigenvalue weighted by molar-refractivity contribution is -0.378. The summed E-state index contributed by atoms with van der Waals surface area (Å²) in [5, 5.41) is 0. The van der Waals surface area contributed by atoms with Crippen LogP contribution in [0.4, 0.5) is 0 Å². The first kappa shape index (κ1) is 10.6. The first-order valence-electron chi connectivity index (χ1n) is 3.49. The summed E-state index contributed by atoms with van der Waals surface area (Å²) in [5.41, 5.74) is 1.36. The van der Waals surface area contributed by atoms with Gasteiger partial charge < -0.3 is 24.0 Å². The summed E-state index contributed by atoms with van der Waals surface area (Å²) in [6.45, 7) is 3.67. The maximum Gasteiger partial charge on any atom is 0.167 e. The van der Waals surface area contributed by atoms with Gasteiger partial charge in [0.25, 0.3) is 0 Å². The molecule has 0 saturated carbocycles. The van der Waals surface area contributed by atoms with Crippen molar-refractivity contribution in [1.29, 1.82) is 0 Å². The third kappa shape index (κ3) is 4.14. The van der Waals surface area contributed by atoms with E-state index in [4.69, 9.17) is 0 Å². The van der Waals surface area contributed by atoms with Crippen LogP contribution in [-0.2, 0) is 6.42 Å². The highest BCUT2D eigenvalue weighted by atomic mass is 127. The molecule has 1 nitrogen and oxygen atoms in total. The Bertz CT molecular complexity index is 196. The predicted molar refractivity (Wildman–Crippen MR) is 41.5 cm³/mol. The Morgan fingerprint density at radius 2 is 2.00 bits per heavy atom. The maximum atomic E-state index is 3.67. The summed E-state index contributed by atoms with van der Waals surface area (Å²) in [7, 11) is 0. The second-order valence-electron chi connectivity index (χ2n) is 2.24. The van der Waals surface area contributed by atoms with Crippen molar-refractivity contribution in [3.05, 3.63) is 42.7 Å². The van der Waals surface area contributed by atoms with Crippen molar-refractivity contribution in [1.82, 2.24) is 0 Å². The molecule has 1 rings (SSSR count). The lowest BCUT2D eigenvalue weighted by Crippen LogP contribution is -3.00. The summed E-state index contributed by atoms with van der Waals surface area (Å²) in [6.07, 6.45) is 7.98. The van der Waals surface area contributed by atoms with Gasteiger partial charge >= 0.3 is 0 Å². The van der Waals surface area contributed by atoms with E-state index in [2.05, 4.69) is 23.7 Å². The van der Waals surface area contributed by atoms with Crippen molar-refractivity contribution in [3.63, 3.8) is 0 Å². The molecule has 60 valence electrons. The van der Waals surface area contributed by atoms with Gasteiger partial charge in [-0.25, -0.2) is 4.98 Å². The fourth-order valence-corrected chi connectivity index (χ4v) is 0.857. The minimum Gasteiger partial charge on any atom is -1.00 e. The molecule has 0 atom stereocenters. The largest absolute Gasteiger partial charge is 1.00 e. The van der Waals surface area contributed by atoms with Crippen molar-refractivity contribution in [2.24, 2.45) is 0 Å². The molecule has 0 spiro atoms. The van der Waals surface area contributed by atoms with Gasteiger partial charge in [-0.2, -0.15) is 0 Å². The van der Waals surface area contributed by atoms with Gasteiger partial charge in [-0.1, -0.05) is 6.08 Å². The number of nitrogens with one attached hydrogen (secondary N) is 1. The molecule has 1 aromatic rings. The summed E-state index contributed by atoms with van der Waals surface area (Å²) in [4.78, 5) is 2.98. The fraction of sp³-hybridized carbons (Fsp3) is 0.222. The van der Waals surface area contributed by atoms with E-state index in [1.807, 2.05) is 18.5 Å². The van der Waals surface area contributed by atoms with E-state index in [9.17, 15) is 0 Å². The molecule has 1 N–H and O–H groups in total. The Morgan fingerprint density at radius 1 is 1.36 bits per heavy atom. The Balaban J connectivity index is 0.000001000. The molecule has 0 saturated heterocycles. The number of H-pyrrole nitrogens is 1. The number of rotatable bonds is 3. The third-order valence-corrected chi connectivity index (χ3v) is 1.42. The molecule has 2 heteroatoms. The average Bonchev–Trinajstić information content (AvgIpc) is 2.03. The van der Waals surface area contributed by atoms with E-state index in [0.29, 0.717) is 0 Å². The number of hydrogen-bond donors (Lipinski definition) is 0. The normalized spacial score (nSPS) is 8.36. The molecule has 0 aliphatic rings. The standard InChI is InChI=1S/C9H11N.HI/c1-2-3-4-9-5-7-10-8-6-9;/h2,5-8H,1,3-4H2;1H. The van der Waals surface area contributed by atoms with E-state index in [-0.39, 0.29) is 24.0 Å². The van der Waals surface area contributed by atoms with Crippen LogP contribution in [0.5, 0.6) is 0 Å². The SMILES string of the molecule is C=CCCc1cc[nH+]cc1.[I-]. The first-order chi connectivity index (χ1) is 4.93. The van der Waals surface area contributed by atoms with Crippen LogP contribution < -0.4 is 29.0 Å². The van der Waals surface area contributed by atoms with Gasteiger partial charge in [0.05, 0.1) is 0 Å². The van der Waals surface area contributed by atoms with Crippen molar-refractivity contribution in [2.45, 2.75) is 12.8 Å². The molecule has 1 heterocycles. The lowest BCUT2D eigenvalue weighted by atomic mass is 10.1. The van der Waals surface area contributed by atoms with E-state index in [1.165, 1.54) is 5.56 Å². The van der Waals surface area contributed by atoms with Crippen LogP contribution >= 0.6 is 0 Å². The summed E-state index contributed by atoms with van der Waals surface area (Å²) in [6, 6.07) is 4.17. The molecule has 0 fully saturated rings. The zero-order valence-corrected chi connectivity index (χ0v) is 8.54. The lowest BCUT2D eigenvalue weighted by Gasteiger charge is -1.91. The molecule has 0 aliphatic carbocycles. The smallest absolute Gasteiger partial charge is 0.167 e. The first-order valence-corrected chi connectivity index (χ1v) is 3.49. The second kappa shape index (κ2) is 6.34.